The summed E-state index contributed by atoms with van der Waals surface area (Å²) in [5.74, 6) is 1.52. The van der Waals surface area contributed by atoms with E-state index in [2.05, 4.69) is 44.9 Å². The highest BCUT2D eigenvalue weighted by Gasteiger charge is 2.05. The number of hydrogen-bond acceptors (Lipinski definition) is 7. The van der Waals surface area contributed by atoms with Crippen molar-refractivity contribution in [2.75, 3.05) is 35.8 Å². The molecule has 0 aromatic carbocycles. The van der Waals surface area contributed by atoms with Gasteiger partial charge in [-0.15, -0.1) is 0 Å². The van der Waals surface area contributed by atoms with E-state index in [0.717, 1.165) is 32.4 Å². The summed E-state index contributed by atoms with van der Waals surface area (Å²) in [5, 5.41) is 6.29. The van der Waals surface area contributed by atoms with E-state index in [1.165, 1.54) is 0 Å². The second kappa shape index (κ2) is 9.32. The Bertz CT molecular complexity index is 334. The van der Waals surface area contributed by atoms with Crippen LogP contribution in [0.2, 0.25) is 0 Å². The van der Waals surface area contributed by atoms with Crippen molar-refractivity contribution in [2.24, 2.45) is 0 Å². The van der Waals surface area contributed by atoms with Gasteiger partial charge in [0.15, 0.2) is 0 Å². The Morgan fingerprint density at radius 1 is 0.789 bits per heavy atom. The van der Waals surface area contributed by atoms with Crippen LogP contribution in [0.4, 0.5) is 17.8 Å². The molecular formula is C12H24N6O. The molecule has 1 rings (SSSR count). The summed E-state index contributed by atoms with van der Waals surface area (Å²) in [6, 6.07) is 0. The van der Waals surface area contributed by atoms with Gasteiger partial charge >= 0.3 is 0 Å². The van der Waals surface area contributed by atoms with Gasteiger partial charge in [-0.1, -0.05) is 20.8 Å². The van der Waals surface area contributed by atoms with E-state index in [1.807, 2.05) is 6.92 Å². The second-order valence-electron chi connectivity index (χ2n) is 4.11. The standard InChI is InChI=1S/C12H24N6O/c1-4-7-13-10-15-11(14-8-5-2)17-12(16-10)18-19-9-6-3/h4-9H2,1-3H3,(H3,13,14,15,16,17,18). The number of hydrogen-bond donors (Lipinski definition) is 3. The summed E-state index contributed by atoms with van der Waals surface area (Å²) in [5.41, 5.74) is 2.74. The lowest BCUT2D eigenvalue weighted by Gasteiger charge is -2.10. The minimum absolute atomic E-state index is 0.417. The molecule has 0 amide bonds. The van der Waals surface area contributed by atoms with Crippen LogP contribution in [0.15, 0.2) is 0 Å². The number of rotatable bonds is 10. The first-order chi connectivity index (χ1) is 9.30. The molecule has 7 nitrogen and oxygen atoms in total. The van der Waals surface area contributed by atoms with Crippen LogP contribution in [0.1, 0.15) is 40.0 Å². The SMILES string of the molecule is CCCNc1nc(NCCC)nc(NOCCC)n1. The molecule has 1 aromatic heterocycles. The molecule has 0 aliphatic rings. The molecular weight excluding hydrogens is 244 g/mol. The van der Waals surface area contributed by atoms with E-state index in [9.17, 15) is 0 Å². The van der Waals surface area contributed by atoms with Crippen molar-refractivity contribution in [3.63, 3.8) is 0 Å². The van der Waals surface area contributed by atoms with E-state index >= 15 is 0 Å². The predicted octanol–water partition coefficient (Wildman–Crippen LogP) is 2.27. The topological polar surface area (TPSA) is 84.0 Å². The quantitative estimate of drug-likeness (QED) is 0.443. The van der Waals surface area contributed by atoms with Crippen molar-refractivity contribution >= 4 is 17.8 Å². The average molecular weight is 268 g/mol. The molecule has 0 radical (unpaired) electrons. The maximum atomic E-state index is 5.23. The fraction of sp³-hybridized carbons (Fsp3) is 0.750. The van der Waals surface area contributed by atoms with Gasteiger partial charge in [-0.3, -0.25) is 4.84 Å². The van der Waals surface area contributed by atoms with Gasteiger partial charge in [0.05, 0.1) is 6.61 Å². The Kier molecular flexibility index (Phi) is 7.57. The highest BCUT2D eigenvalue weighted by molar-refractivity contribution is 5.41. The molecule has 0 spiro atoms. The molecule has 0 atom stereocenters. The summed E-state index contributed by atoms with van der Waals surface area (Å²) in [4.78, 5) is 18.0. The lowest BCUT2D eigenvalue weighted by Crippen LogP contribution is -2.13. The monoisotopic (exact) mass is 268 g/mol. The zero-order valence-corrected chi connectivity index (χ0v) is 12.0. The van der Waals surface area contributed by atoms with Crippen LogP contribution in [0.25, 0.3) is 0 Å². The van der Waals surface area contributed by atoms with Crippen molar-refractivity contribution in [3.05, 3.63) is 0 Å². The smallest absolute Gasteiger partial charge is 0.253 e. The lowest BCUT2D eigenvalue weighted by molar-refractivity contribution is 0.191. The largest absolute Gasteiger partial charge is 0.354 e. The maximum absolute atomic E-state index is 5.23. The molecule has 3 N–H and O–H groups in total. The molecule has 19 heavy (non-hydrogen) atoms. The summed E-state index contributed by atoms with van der Waals surface area (Å²) in [6.45, 7) is 8.49. The third-order valence-corrected chi connectivity index (χ3v) is 2.17. The van der Waals surface area contributed by atoms with Crippen molar-refractivity contribution < 1.29 is 4.84 Å². The van der Waals surface area contributed by atoms with Crippen LogP contribution >= 0.6 is 0 Å². The minimum Gasteiger partial charge on any atom is -0.354 e. The van der Waals surface area contributed by atoms with Gasteiger partial charge in [-0.25, -0.2) is 5.48 Å². The van der Waals surface area contributed by atoms with Crippen molar-refractivity contribution in [3.8, 4) is 0 Å². The van der Waals surface area contributed by atoms with E-state index in [1.54, 1.807) is 0 Å². The van der Waals surface area contributed by atoms with E-state index < -0.39 is 0 Å². The summed E-state index contributed by atoms with van der Waals surface area (Å²) < 4.78 is 0. The van der Waals surface area contributed by atoms with Crippen LogP contribution < -0.4 is 16.1 Å². The predicted molar refractivity (Wildman–Crippen MR) is 77.3 cm³/mol. The first-order valence-electron chi connectivity index (χ1n) is 6.91. The second-order valence-corrected chi connectivity index (χ2v) is 4.11. The summed E-state index contributed by atoms with van der Waals surface area (Å²) in [7, 11) is 0. The Morgan fingerprint density at radius 2 is 1.32 bits per heavy atom. The highest BCUT2D eigenvalue weighted by Crippen LogP contribution is 2.09. The van der Waals surface area contributed by atoms with Crippen LogP contribution in [0.5, 0.6) is 0 Å². The normalized spacial score (nSPS) is 10.3. The number of anilines is 3. The van der Waals surface area contributed by atoms with Crippen molar-refractivity contribution in [2.45, 2.75) is 40.0 Å². The Morgan fingerprint density at radius 3 is 1.79 bits per heavy atom. The first-order valence-corrected chi connectivity index (χ1v) is 6.91. The van der Waals surface area contributed by atoms with Crippen LogP contribution in [0.3, 0.4) is 0 Å². The first kappa shape index (κ1) is 15.4. The molecule has 7 heteroatoms. The maximum Gasteiger partial charge on any atom is 0.253 e. The van der Waals surface area contributed by atoms with Gasteiger partial charge in [0.1, 0.15) is 0 Å². The minimum atomic E-state index is 0.417. The van der Waals surface area contributed by atoms with Gasteiger partial charge < -0.3 is 10.6 Å². The average Bonchev–Trinajstić information content (AvgIpc) is 2.43. The number of aromatic nitrogens is 3. The lowest BCUT2D eigenvalue weighted by atomic mass is 10.5. The molecule has 0 unspecified atom stereocenters. The molecule has 108 valence electrons. The highest BCUT2D eigenvalue weighted by atomic mass is 16.6. The van der Waals surface area contributed by atoms with E-state index in [4.69, 9.17) is 4.84 Å². The Hall–Kier alpha value is -1.63. The Balaban J connectivity index is 2.70. The molecule has 1 aromatic rings. The van der Waals surface area contributed by atoms with Crippen LogP contribution in [0, 0.1) is 0 Å². The Labute approximate surface area is 114 Å². The number of nitrogens with zero attached hydrogens (tertiary/aromatic N) is 3. The molecule has 0 aliphatic heterocycles. The fourth-order valence-corrected chi connectivity index (χ4v) is 1.27. The summed E-state index contributed by atoms with van der Waals surface area (Å²) in [6.07, 6.45) is 2.96. The van der Waals surface area contributed by atoms with Crippen molar-refractivity contribution in [1.29, 1.82) is 0 Å². The van der Waals surface area contributed by atoms with Crippen LogP contribution in [-0.2, 0) is 4.84 Å². The fourth-order valence-electron chi connectivity index (χ4n) is 1.27. The van der Waals surface area contributed by atoms with E-state index in [-0.39, 0.29) is 0 Å². The zero-order chi connectivity index (χ0) is 13.9. The van der Waals surface area contributed by atoms with Gasteiger partial charge in [-0.2, -0.15) is 15.0 Å². The van der Waals surface area contributed by atoms with Gasteiger partial charge in [0.25, 0.3) is 5.95 Å². The van der Waals surface area contributed by atoms with Crippen molar-refractivity contribution in [1.82, 2.24) is 15.0 Å². The van der Waals surface area contributed by atoms with Gasteiger partial charge in [0, 0.05) is 13.1 Å². The molecule has 0 fully saturated rings. The third-order valence-electron chi connectivity index (χ3n) is 2.17. The molecule has 0 saturated carbocycles. The molecule has 0 aliphatic carbocycles. The molecule has 0 saturated heterocycles. The third kappa shape index (κ3) is 6.19. The van der Waals surface area contributed by atoms with Gasteiger partial charge in [0.2, 0.25) is 11.9 Å². The number of nitrogens with one attached hydrogen (secondary N) is 3. The molecule has 0 bridgehead atoms. The summed E-state index contributed by atoms with van der Waals surface area (Å²) >= 11 is 0. The van der Waals surface area contributed by atoms with E-state index in [0.29, 0.717) is 24.5 Å². The van der Waals surface area contributed by atoms with Gasteiger partial charge in [-0.05, 0) is 19.3 Å². The zero-order valence-electron chi connectivity index (χ0n) is 12.0. The van der Waals surface area contributed by atoms with Crippen LogP contribution in [-0.4, -0.2) is 34.6 Å². The molecule has 1 heterocycles.